The summed E-state index contributed by atoms with van der Waals surface area (Å²) in [7, 11) is -0.945. The van der Waals surface area contributed by atoms with E-state index in [9.17, 15) is 19.7 Å². The van der Waals surface area contributed by atoms with Crippen molar-refractivity contribution in [1.82, 2.24) is 5.32 Å². The van der Waals surface area contributed by atoms with E-state index in [1.807, 2.05) is 32.9 Å². The van der Waals surface area contributed by atoms with Crippen molar-refractivity contribution in [3.05, 3.63) is 23.3 Å². The van der Waals surface area contributed by atoms with Crippen LogP contribution in [0.4, 0.5) is 4.79 Å². The molecule has 2 aliphatic carbocycles. The number of ether oxygens (including phenoxy) is 1. The first-order valence-electron chi connectivity index (χ1n) is 10.0. The Morgan fingerprint density at radius 3 is 2.72 bits per heavy atom. The van der Waals surface area contributed by atoms with Gasteiger partial charge in [-0.3, -0.25) is 0 Å². The maximum absolute atomic E-state index is 12.0. The van der Waals surface area contributed by atoms with Crippen molar-refractivity contribution in [2.45, 2.75) is 67.5 Å². The first kappa shape index (κ1) is 20.4. The van der Waals surface area contributed by atoms with Gasteiger partial charge in [0.1, 0.15) is 16.9 Å². The van der Waals surface area contributed by atoms with E-state index in [0.29, 0.717) is 23.1 Å². The van der Waals surface area contributed by atoms with Gasteiger partial charge in [-0.2, -0.15) is 0 Å². The summed E-state index contributed by atoms with van der Waals surface area (Å²) in [4.78, 5) is 24.7. The number of carbonyl (C=O) groups excluding carboxylic acids is 1. The lowest BCUT2D eigenvalue weighted by Crippen LogP contribution is -2.36. The van der Waals surface area contributed by atoms with Crippen molar-refractivity contribution < 1.29 is 29.1 Å². The predicted octanol–water partition coefficient (Wildman–Crippen LogP) is 3.51. The highest BCUT2D eigenvalue weighted by atomic mass is 32.2. The van der Waals surface area contributed by atoms with E-state index >= 15 is 0 Å². The van der Waals surface area contributed by atoms with E-state index in [4.69, 9.17) is 9.39 Å². The highest BCUT2D eigenvalue weighted by molar-refractivity contribution is 8.00. The molecule has 0 aromatic heterocycles. The number of carboxylic acids is 1. The Morgan fingerprint density at radius 1 is 1.38 bits per heavy atom. The van der Waals surface area contributed by atoms with Crippen LogP contribution in [0.1, 0.15) is 61.9 Å². The average molecular weight is 419 g/mol. The Hall–Kier alpha value is -1.87. The Balaban J connectivity index is 1.52. The molecule has 7 nitrogen and oxygen atoms in total. The SMILES string of the molecule is CC(C)(C)OC(=O)NCC(Sc1ccc2c(c1C(=O)O)OB(O)[C@@H]1C[C@H]21)C1CC1. The number of fused-ring (bicyclic) bond motifs is 3. The van der Waals surface area contributed by atoms with Crippen molar-refractivity contribution in [1.29, 1.82) is 0 Å². The molecule has 4 rings (SSSR count). The number of nitrogens with one attached hydrogen (secondary N) is 1. The molecule has 1 aromatic carbocycles. The molecule has 3 atom stereocenters. The largest absolute Gasteiger partial charge is 0.535 e. The maximum Gasteiger partial charge on any atom is 0.526 e. The maximum atomic E-state index is 12.0. The minimum absolute atomic E-state index is 0.0425. The number of alkyl carbamates (subject to hydrolysis) is 1. The van der Waals surface area contributed by atoms with Gasteiger partial charge in [-0.25, -0.2) is 9.59 Å². The molecule has 0 radical (unpaired) electrons. The van der Waals surface area contributed by atoms with Crippen LogP contribution in [0, 0.1) is 5.92 Å². The molecule has 29 heavy (non-hydrogen) atoms. The van der Waals surface area contributed by atoms with Crippen LogP contribution in [0.5, 0.6) is 5.75 Å². The monoisotopic (exact) mass is 419 g/mol. The summed E-state index contributed by atoms with van der Waals surface area (Å²) in [5.41, 5.74) is 0.414. The number of hydrogen-bond donors (Lipinski definition) is 3. The fourth-order valence-corrected chi connectivity index (χ4v) is 5.23. The van der Waals surface area contributed by atoms with Gasteiger partial charge in [0.15, 0.2) is 0 Å². The number of benzene rings is 1. The van der Waals surface area contributed by atoms with Crippen LogP contribution in [0.25, 0.3) is 0 Å². The third-order valence-electron chi connectivity index (χ3n) is 5.48. The summed E-state index contributed by atoms with van der Waals surface area (Å²) in [6.07, 6.45) is 2.46. The van der Waals surface area contributed by atoms with E-state index in [1.54, 1.807) is 0 Å². The molecule has 1 unspecified atom stereocenters. The minimum atomic E-state index is -1.06. The summed E-state index contributed by atoms with van der Waals surface area (Å²) in [5, 5.41) is 22.8. The summed E-state index contributed by atoms with van der Waals surface area (Å²) in [5.74, 6) is -0.0977. The van der Waals surface area contributed by atoms with Gasteiger partial charge in [-0.05, 0) is 63.5 Å². The van der Waals surface area contributed by atoms with Crippen molar-refractivity contribution in [3.8, 4) is 5.75 Å². The predicted molar refractivity (Wildman–Crippen MR) is 110 cm³/mol. The van der Waals surface area contributed by atoms with E-state index in [1.165, 1.54) is 11.8 Å². The Labute approximate surface area is 174 Å². The molecule has 0 saturated heterocycles. The van der Waals surface area contributed by atoms with Gasteiger partial charge in [-0.1, -0.05) is 6.07 Å². The van der Waals surface area contributed by atoms with Crippen LogP contribution in [-0.2, 0) is 4.74 Å². The lowest BCUT2D eigenvalue weighted by atomic mass is 9.77. The lowest BCUT2D eigenvalue weighted by molar-refractivity contribution is 0.0526. The second kappa shape index (κ2) is 7.43. The number of hydrogen-bond acceptors (Lipinski definition) is 6. The van der Waals surface area contributed by atoms with Gasteiger partial charge in [-0.15, -0.1) is 11.8 Å². The fourth-order valence-electron chi connectivity index (χ4n) is 3.83. The summed E-state index contributed by atoms with van der Waals surface area (Å²) in [6.45, 7) is 5.83. The quantitative estimate of drug-likeness (QED) is 0.479. The average Bonchev–Trinajstić information content (AvgIpc) is 3.49. The highest BCUT2D eigenvalue weighted by Crippen LogP contribution is 2.61. The molecule has 9 heteroatoms. The van der Waals surface area contributed by atoms with Gasteiger partial charge in [0, 0.05) is 22.5 Å². The molecule has 156 valence electrons. The van der Waals surface area contributed by atoms with E-state index in [2.05, 4.69) is 5.32 Å². The minimum Gasteiger partial charge on any atom is -0.535 e. The first-order valence-corrected chi connectivity index (χ1v) is 10.9. The van der Waals surface area contributed by atoms with Gasteiger partial charge in [0.25, 0.3) is 0 Å². The second-order valence-corrected chi connectivity index (χ2v) is 10.3. The number of rotatable bonds is 6. The van der Waals surface area contributed by atoms with Gasteiger partial charge < -0.3 is 24.8 Å². The molecule has 2 saturated carbocycles. The standard InChI is InChI=1S/C20H26BNO6S/c1-20(2,3)27-19(25)22-9-15(10-4-5-10)29-14-7-6-11-12-8-13(12)21(26)28-17(11)16(14)18(23)24/h6-7,10,12-13,15,26H,4-5,8-9H2,1-3H3,(H,22,25)(H,23,24)/t12-,13-,15?/m1/s1. The van der Waals surface area contributed by atoms with Crippen LogP contribution in [0.15, 0.2) is 17.0 Å². The van der Waals surface area contributed by atoms with E-state index < -0.39 is 24.8 Å². The van der Waals surface area contributed by atoms with Crippen molar-refractivity contribution in [2.75, 3.05) is 6.54 Å². The zero-order valence-electron chi connectivity index (χ0n) is 16.8. The molecular weight excluding hydrogens is 393 g/mol. The van der Waals surface area contributed by atoms with Crippen molar-refractivity contribution in [3.63, 3.8) is 0 Å². The van der Waals surface area contributed by atoms with Gasteiger partial charge in [0.2, 0.25) is 0 Å². The van der Waals surface area contributed by atoms with Gasteiger partial charge in [0.05, 0.1) is 0 Å². The molecule has 1 aromatic rings. The zero-order valence-corrected chi connectivity index (χ0v) is 17.6. The smallest absolute Gasteiger partial charge is 0.526 e. The Bertz CT molecular complexity index is 837. The van der Waals surface area contributed by atoms with Crippen molar-refractivity contribution in [2.24, 2.45) is 5.92 Å². The van der Waals surface area contributed by atoms with Gasteiger partial charge >= 0.3 is 19.2 Å². The first-order chi connectivity index (χ1) is 13.6. The topological polar surface area (TPSA) is 105 Å². The fraction of sp³-hybridized carbons (Fsp3) is 0.600. The van der Waals surface area contributed by atoms with E-state index in [-0.39, 0.29) is 22.5 Å². The van der Waals surface area contributed by atoms with Crippen LogP contribution in [0.3, 0.4) is 0 Å². The molecule has 3 N–H and O–H groups in total. The summed E-state index contributed by atoms with van der Waals surface area (Å²) < 4.78 is 10.9. The third-order valence-corrected chi connectivity index (χ3v) is 6.93. The molecule has 1 aliphatic heterocycles. The highest BCUT2D eigenvalue weighted by Gasteiger charge is 2.54. The number of carboxylic acid groups (broad SMARTS) is 1. The zero-order chi connectivity index (χ0) is 20.9. The van der Waals surface area contributed by atoms with Crippen LogP contribution >= 0.6 is 11.8 Å². The summed E-state index contributed by atoms with van der Waals surface area (Å²) in [6, 6.07) is 3.76. The van der Waals surface area contributed by atoms with E-state index in [0.717, 1.165) is 24.8 Å². The lowest BCUT2D eigenvalue weighted by Gasteiger charge is -2.25. The van der Waals surface area contributed by atoms with Crippen molar-refractivity contribution >= 4 is 30.9 Å². The second-order valence-electron chi connectivity index (χ2n) is 9.05. The molecule has 1 amide bonds. The number of amides is 1. The normalized spacial score (nSPS) is 23.4. The number of carbonyl (C=O) groups is 2. The molecule has 0 spiro atoms. The van der Waals surface area contributed by atoms with Crippen LogP contribution < -0.4 is 9.97 Å². The molecular formula is C20H26BNO6S. The Kier molecular flexibility index (Phi) is 5.23. The number of aromatic carboxylic acids is 1. The number of thioether (sulfide) groups is 1. The third kappa shape index (κ3) is 4.50. The molecule has 3 aliphatic rings. The summed E-state index contributed by atoms with van der Waals surface area (Å²) >= 11 is 1.45. The Morgan fingerprint density at radius 2 is 2.10 bits per heavy atom. The molecule has 0 bridgehead atoms. The van der Waals surface area contributed by atoms with Crippen LogP contribution in [0.2, 0.25) is 5.82 Å². The van der Waals surface area contributed by atoms with Crippen LogP contribution in [-0.4, -0.2) is 46.7 Å². The molecule has 2 fully saturated rings. The molecule has 1 heterocycles.